The van der Waals surface area contributed by atoms with Crippen molar-refractivity contribution in [1.82, 2.24) is 15.3 Å². The first kappa shape index (κ1) is 19.7. The van der Waals surface area contributed by atoms with E-state index >= 15 is 0 Å². The summed E-state index contributed by atoms with van der Waals surface area (Å²) in [4.78, 5) is 12.6. The lowest BCUT2D eigenvalue weighted by Gasteiger charge is -2.16. The molecular weight excluding hydrogens is 343 g/mol. The second-order valence-electron chi connectivity index (χ2n) is 6.94. The standard InChI is InChI=1S/C23H26BN4/c1-5-9-21(20-15-27-23-19(20)12-18(24-4)14-26-23)28-22(16(2)3)25-13-17-10-7-6-8-11-17/h5-12,14-16H,1,13H2,2-4H3,(H,25,28)(H,26,27)/b21-9-. The molecule has 2 aromatic heterocycles. The third-order valence-electron chi connectivity index (χ3n) is 4.54. The lowest BCUT2D eigenvalue weighted by molar-refractivity contribution is 0.833. The van der Waals surface area contributed by atoms with E-state index in [1.807, 2.05) is 43.5 Å². The molecular formula is C23H26BN4. The van der Waals surface area contributed by atoms with Gasteiger partial charge in [0.15, 0.2) is 0 Å². The van der Waals surface area contributed by atoms with Crippen LogP contribution in [0.3, 0.4) is 0 Å². The second-order valence-corrected chi connectivity index (χ2v) is 6.94. The number of aromatic amines is 1. The lowest BCUT2D eigenvalue weighted by atomic mass is 9.74. The Morgan fingerprint density at radius 3 is 2.79 bits per heavy atom. The summed E-state index contributed by atoms with van der Waals surface area (Å²) in [5.41, 5.74) is 5.16. The zero-order valence-corrected chi connectivity index (χ0v) is 16.7. The molecule has 2 heterocycles. The number of benzene rings is 1. The third kappa shape index (κ3) is 4.60. The van der Waals surface area contributed by atoms with Crippen LogP contribution < -0.4 is 10.8 Å². The van der Waals surface area contributed by atoms with Gasteiger partial charge in [0.2, 0.25) is 0 Å². The maximum atomic E-state index is 4.84. The van der Waals surface area contributed by atoms with Crippen LogP contribution in [0.15, 0.2) is 72.5 Å². The van der Waals surface area contributed by atoms with Crippen molar-refractivity contribution < 1.29 is 0 Å². The molecule has 0 aliphatic rings. The Balaban J connectivity index is 1.93. The van der Waals surface area contributed by atoms with Gasteiger partial charge >= 0.3 is 0 Å². The summed E-state index contributed by atoms with van der Waals surface area (Å²) < 4.78 is 0. The van der Waals surface area contributed by atoms with E-state index in [0.717, 1.165) is 33.6 Å². The van der Waals surface area contributed by atoms with Crippen LogP contribution in [0, 0.1) is 5.92 Å². The van der Waals surface area contributed by atoms with Crippen molar-refractivity contribution in [2.24, 2.45) is 10.9 Å². The molecule has 1 aromatic carbocycles. The van der Waals surface area contributed by atoms with Gasteiger partial charge in [-0.05, 0) is 11.6 Å². The van der Waals surface area contributed by atoms with Gasteiger partial charge in [-0.2, -0.15) is 0 Å². The Hall–Kier alpha value is -3.08. The highest BCUT2D eigenvalue weighted by Crippen LogP contribution is 2.22. The van der Waals surface area contributed by atoms with Gasteiger partial charge < -0.3 is 10.3 Å². The number of hydrogen-bond donors (Lipinski definition) is 2. The Labute approximate surface area is 167 Å². The fourth-order valence-corrected chi connectivity index (χ4v) is 2.98. The van der Waals surface area contributed by atoms with E-state index in [1.54, 1.807) is 6.08 Å². The molecule has 28 heavy (non-hydrogen) atoms. The van der Waals surface area contributed by atoms with Gasteiger partial charge in [-0.15, -0.1) is 0 Å². The van der Waals surface area contributed by atoms with E-state index in [-0.39, 0.29) is 5.92 Å². The SMILES string of the molecule is C=C/C=C(\NC(=NCc1ccccc1)C(C)C)c1c[nH]c2ncc([B]C)cc12. The Bertz CT molecular complexity index is 1000. The van der Waals surface area contributed by atoms with Gasteiger partial charge in [0.25, 0.3) is 0 Å². The molecule has 0 atom stereocenters. The topological polar surface area (TPSA) is 53.1 Å². The molecule has 2 N–H and O–H groups in total. The quantitative estimate of drug-likeness (QED) is 0.282. The maximum absolute atomic E-state index is 4.84. The third-order valence-corrected chi connectivity index (χ3v) is 4.54. The van der Waals surface area contributed by atoms with Crippen molar-refractivity contribution in [3.8, 4) is 0 Å². The number of pyridine rings is 1. The molecule has 5 heteroatoms. The Kier molecular flexibility index (Phi) is 6.48. The van der Waals surface area contributed by atoms with Crippen molar-refractivity contribution in [3.05, 3.63) is 78.6 Å². The van der Waals surface area contributed by atoms with Crippen LogP contribution in [0.2, 0.25) is 6.82 Å². The van der Waals surface area contributed by atoms with Crippen molar-refractivity contribution in [2.45, 2.75) is 27.2 Å². The molecule has 0 spiro atoms. The normalized spacial score (nSPS) is 12.4. The van der Waals surface area contributed by atoms with Crippen LogP contribution in [0.5, 0.6) is 0 Å². The zero-order chi connectivity index (χ0) is 19.9. The molecule has 3 aromatic rings. The lowest BCUT2D eigenvalue weighted by Crippen LogP contribution is -2.27. The van der Waals surface area contributed by atoms with Crippen molar-refractivity contribution in [2.75, 3.05) is 0 Å². The van der Waals surface area contributed by atoms with Gasteiger partial charge in [0.05, 0.1) is 6.54 Å². The fourth-order valence-electron chi connectivity index (χ4n) is 2.98. The van der Waals surface area contributed by atoms with Crippen molar-refractivity contribution >= 4 is 35.3 Å². The smallest absolute Gasteiger partial charge is 0.150 e. The van der Waals surface area contributed by atoms with Crippen molar-refractivity contribution in [1.29, 1.82) is 0 Å². The highest BCUT2D eigenvalue weighted by molar-refractivity contribution is 6.52. The van der Waals surface area contributed by atoms with Gasteiger partial charge in [0, 0.05) is 35.0 Å². The summed E-state index contributed by atoms with van der Waals surface area (Å²) in [5, 5.41) is 4.61. The number of aliphatic imine (C=N–C) groups is 1. The molecule has 0 aliphatic carbocycles. The molecule has 0 amide bonds. The van der Waals surface area contributed by atoms with E-state index in [9.17, 15) is 0 Å². The molecule has 4 nitrogen and oxygen atoms in total. The number of aromatic nitrogens is 2. The molecule has 0 fully saturated rings. The van der Waals surface area contributed by atoms with E-state index in [2.05, 4.69) is 61.2 Å². The number of hydrogen-bond acceptors (Lipinski definition) is 2. The number of nitrogens with one attached hydrogen (secondary N) is 2. The summed E-state index contributed by atoms with van der Waals surface area (Å²) in [6.45, 7) is 10.8. The van der Waals surface area contributed by atoms with E-state index < -0.39 is 0 Å². The fraction of sp³-hybridized carbons (Fsp3) is 0.217. The highest BCUT2D eigenvalue weighted by atomic mass is 15.0. The number of nitrogens with zero attached hydrogens (tertiary/aromatic N) is 2. The summed E-state index contributed by atoms with van der Waals surface area (Å²) in [6.07, 6.45) is 7.62. The van der Waals surface area contributed by atoms with E-state index in [4.69, 9.17) is 4.99 Å². The van der Waals surface area contributed by atoms with Crippen LogP contribution in [0.1, 0.15) is 25.0 Å². The van der Waals surface area contributed by atoms with Crippen LogP contribution >= 0.6 is 0 Å². The Morgan fingerprint density at radius 2 is 2.11 bits per heavy atom. The van der Waals surface area contributed by atoms with Gasteiger partial charge in [-0.3, -0.25) is 4.99 Å². The average Bonchev–Trinajstić information content (AvgIpc) is 3.13. The number of fused-ring (bicyclic) bond motifs is 1. The summed E-state index contributed by atoms with van der Waals surface area (Å²) >= 11 is 0. The first-order chi connectivity index (χ1) is 13.6. The predicted octanol–water partition coefficient (Wildman–Crippen LogP) is 4.31. The number of allylic oxidation sites excluding steroid dienone is 2. The molecule has 0 bridgehead atoms. The van der Waals surface area contributed by atoms with Crippen LogP contribution in [0.4, 0.5) is 0 Å². The molecule has 0 aliphatic heterocycles. The van der Waals surface area contributed by atoms with Gasteiger partial charge in [-0.1, -0.05) is 75.2 Å². The molecule has 0 unspecified atom stereocenters. The molecule has 1 radical (unpaired) electrons. The predicted molar refractivity (Wildman–Crippen MR) is 121 cm³/mol. The zero-order valence-electron chi connectivity index (χ0n) is 16.7. The molecule has 3 rings (SSSR count). The van der Waals surface area contributed by atoms with Crippen LogP contribution in [-0.2, 0) is 6.54 Å². The largest absolute Gasteiger partial charge is 0.345 e. The van der Waals surface area contributed by atoms with Gasteiger partial charge in [-0.25, -0.2) is 4.98 Å². The first-order valence-corrected chi connectivity index (χ1v) is 9.57. The average molecular weight is 369 g/mol. The van der Waals surface area contributed by atoms with Crippen LogP contribution in [-0.4, -0.2) is 23.1 Å². The highest BCUT2D eigenvalue weighted by Gasteiger charge is 2.13. The molecule has 0 saturated heterocycles. The maximum Gasteiger partial charge on any atom is 0.150 e. The number of H-pyrrole nitrogens is 1. The van der Waals surface area contributed by atoms with Crippen molar-refractivity contribution in [3.63, 3.8) is 0 Å². The Morgan fingerprint density at radius 1 is 1.32 bits per heavy atom. The minimum absolute atomic E-state index is 0.264. The van der Waals surface area contributed by atoms with Crippen LogP contribution in [0.25, 0.3) is 16.7 Å². The van der Waals surface area contributed by atoms with Gasteiger partial charge in [0.1, 0.15) is 18.8 Å². The minimum atomic E-state index is 0.264. The van der Waals surface area contributed by atoms with E-state index in [0.29, 0.717) is 6.54 Å². The second kappa shape index (κ2) is 9.22. The molecule has 141 valence electrons. The molecule has 0 saturated carbocycles. The number of rotatable bonds is 7. The first-order valence-electron chi connectivity index (χ1n) is 9.57. The summed E-state index contributed by atoms with van der Waals surface area (Å²) in [7, 11) is 2.05. The van der Waals surface area contributed by atoms with E-state index in [1.165, 1.54) is 5.56 Å². The number of amidine groups is 1. The summed E-state index contributed by atoms with van der Waals surface area (Å²) in [5.74, 6) is 1.21. The minimum Gasteiger partial charge on any atom is -0.345 e. The summed E-state index contributed by atoms with van der Waals surface area (Å²) in [6, 6.07) is 12.4. The monoisotopic (exact) mass is 369 g/mol.